The van der Waals surface area contributed by atoms with E-state index in [0.717, 1.165) is 12.0 Å². The summed E-state index contributed by atoms with van der Waals surface area (Å²) >= 11 is 0. The third-order valence-corrected chi connectivity index (χ3v) is 4.79. The highest BCUT2D eigenvalue weighted by Gasteiger charge is 2.09. The van der Waals surface area contributed by atoms with Crippen LogP contribution >= 0.6 is 0 Å². The van der Waals surface area contributed by atoms with Crippen molar-refractivity contribution in [3.05, 3.63) is 83.9 Å². The van der Waals surface area contributed by atoms with Crippen LogP contribution in [-0.4, -0.2) is 0 Å². The largest absolute Gasteiger partial charge is 0.192 e. The molecule has 130 valence electrons. The molecule has 0 saturated heterocycles. The number of aryl methyl sites for hydroxylation is 1. The average Bonchev–Trinajstić information content (AvgIpc) is 2.72. The highest BCUT2D eigenvalue weighted by Crippen LogP contribution is 2.33. The van der Waals surface area contributed by atoms with Crippen LogP contribution in [-0.2, 0) is 6.42 Å². The second-order valence-corrected chi connectivity index (χ2v) is 6.75. The fraction of sp³-hybridized carbons (Fsp3) is 0.240. The van der Waals surface area contributed by atoms with E-state index in [4.69, 9.17) is 0 Å². The lowest BCUT2D eigenvalue weighted by atomic mass is 9.91. The molecule has 3 rings (SSSR count). The first kappa shape index (κ1) is 18.0. The standard InChI is InChI=1S/C25H25N/c1-2-3-4-6-10-20-15-16-24(22-12-7-5-8-13-22)25(18-20)23-14-9-11-21(17-23)19-26/h5,7-9,11-18H,2-4,6,10H2,1H3. The fourth-order valence-corrected chi connectivity index (χ4v) is 3.37. The predicted octanol–water partition coefficient (Wildman–Crippen LogP) is 7.02. The van der Waals surface area contributed by atoms with Crippen LogP contribution in [0.3, 0.4) is 0 Å². The smallest absolute Gasteiger partial charge is 0.0991 e. The van der Waals surface area contributed by atoms with Crippen molar-refractivity contribution in [2.45, 2.75) is 39.0 Å². The van der Waals surface area contributed by atoms with E-state index in [1.807, 2.05) is 24.3 Å². The van der Waals surface area contributed by atoms with E-state index >= 15 is 0 Å². The summed E-state index contributed by atoms with van der Waals surface area (Å²) < 4.78 is 0. The van der Waals surface area contributed by atoms with Crippen LogP contribution in [0.15, 0.2) is 72.8 Å². The molecule has 0 spiro atoms. The number of unbranched alkanes of at least 4 members (excludes halogenated alkanes) is 3. The maximum Gasteiger partial charge on any atom is 0.0991 e. The van der Waals surface area contributed by atoms with E-state index in [-0.39, 0.29) is 0 Å². The fourth-order valence-electron chi connectivity index (χ4n) is 3.37. The third kappa shape index (κ3) is 4.41. The van der Waals surface area contributed by atoms with Crippen molar-refractivity contribution in [1.29, 1.82) is 5.26 Å². The summed E-state index contributed by atoms with van der Waals surface area (Å²) in [5, 5.41) is 9.27. The van der Waals surface area contributed by atoms with Gasteiger partial charge in [-0.15, -0.1) is 0 Å². The molecule has 3 aromatic rings. The monoisotopic (exact) mass is 339 g/mol. The molecule has 0 amide bonds. The van der Waals surface area contributed by atoms with E-state index in [1.54, 1.807) is 0 Å². The molecule has 0 atom stereocenters. The minimum Gasteiger partial charge on any atom is -0.192 e. The van der Waals surface area contributed by atoms with Gasteiger partial charge < -0.3 is 0 Å². The van der Waals surface area contributed by atoms with Crippen LogP contribution in [0.5, 0.6) is 0 Å². The Kier molecular flexibility index (Phi) is 6.23. The van der Waals surface area contributed by atoms with Crippen LogP contribution in [0, 0.1) is 11.3 Å². The summed E-state index contributed by atoms with van der Waals surface area (Å²) in [5.41, 5.74) is 6.83. The van der Waals surface area contributed by atoms with Crippen LogP contribution in [0.25, 0.3) is 22.3 Å². The van der Waals surface area contributed by atoms with Gasteiger partial charge in [-0.25, -0.2) is 0 Å². The number of nitriles is 1. The molecular weight excluding hydrogens is 314 g/mol. The Hall–Kier alpha value is -2.85. The lowest BCUT2D eigenvalue weighted by Crippen LogP contribution is -1.91. The topological polar surface area (TPSA) is 23.8 Å². The van der Waals surface area contributed by atoms with Crippen molar-refractivity contribution in [3.63, 3.8) is 0 Å². The first-order chi connectivity index (χ1) is 12.8. The summed E-state index contributed by atoms with van der Waals surface area (Å²) in [6, 6.07) is 27.5. The Morgan fingerprint density at radius 1 is 0.731 bits per heavy atom. The molecule has 0 heterocycles. The van der Waals surface area contributed by atoms with E-state index in [2.05, 4.69) is 61.5 Å². The summed E-state index contributed by atoms with van der Waals surface area (Å²) in [5.74, 6) is 0. The van der Waals surface area contributed by atoms with E-state index in [9.17, 15) is 5.26 Å². The highest BCUT2D eigenvalue weighted by molar-refractivity contribution is 5.84. The summed E-state index contributed by atoms with van der Waals surface area (Å²) in [4.78, 5) is 0. The zero-order chi connectivity index (χ0) is 18.2. The van der Waals surface area contributed by atoms with Gasteiger partial charge in [0.15, 0.2) is 0 Å². The van der Waals surface area contributed by atoms with Gasteiger partial charge in [0.05, 0.1) is 11.6 Å². The molecule has 3 aromatic carbocycles. The number of nitrogens with zero attached hydrogens (tertiary/aromatic N) is 1. The van der Waals surface area contributed by atoms with Gasteiger partial charge in [-0.2, -0.15) is 5.26 Å². The molecule has 0 saturated carbocycles. The summed E-state index contributed by atoms with van der Waals surface area (Å²) in [6.07, 6.45) is 6.20. The van der Waals surface area contributed by atoms with Gasteiger partial charge >= 0.3 is 0 Å². The van der Waals surface area contributed by atoms with Gasteiger partial charge in [0.1, 0.15) is 0 Å². The van der Waals surface area contributed by atoms with E-state index < -0.39 is 0 Å². The van der Waals surface area contributed by atoms with Gasteiger partial charge in [-0.05, 0) is 52.8 Å². The molecule has 26 heavy (non-hydrogen) atoms. The zero-order valence-electron chi connectivity index (χ0n) is 15.4. The van der Waals surface area contributed by atoms with Gasteiger partial charge in [0.25, 0.3) is 0 Å². The van der Waals surface area contributed by atoms with Crippen molar-refractivity contribution >= 4 is 0 Å². The zero-order valence-corrected chi connectivity index (χ0v) is 15.4. The maximum atomic E-state index is 9.27. The average molecular weight is 339 g/mol. The lowest BCUT2D eigenvalue weighted by Gasteiger charge is -2.13. The van der Waals surface area contributed by atoms with Crippen molar-refractivity contribution in [3.8, 4) is 28.3 Å². The van der Waals surface area contributed by atoms with Crippen molar-refractivity contribution in [1.82, 2.24) is 0 Å². The van der Waals surface area contributed by atoms with Crippen molar-refractivity contribution in [2.24, 2.45) is 0 Å². The Morgan fingerprint density at radius 2 is 1.54 bits per heavy atom. The Bertz CT molecular complexity index is 888. The molecule has 0 aromatic heterocycles. The first-order valence-corrected chi connectivity index (χ1v) is 9.50. The van der Waals surface area contributed by atoms with Crippen LogP contribution in [0.1, 0.15) is 43.7 Å². The van der Waals surface area contributed by atoms with Crippen molar-refractivity contribution in [2.75, 3.05) is 0 Å². The summed E-state index contributed by atoms with van der Waals surface area (Å²) in [7, 11) is 0. The molecule has 0 unspecified atom stereocenters. The van der Waals surface area contributed by atoms with E-state index in [0.29, 0.717) is 5.56 Å². The molecule has 0 aliphatic rings. The number of hydrogen-bond donors (Lipinski definition) is 0. The SMILES string of the molecule is CCCCCCc1ccc(-c2ccccc2)c(-c2cccc(C#N)c2)c1. The third-order valence-electron chi connectivity index (χ3n) is 4.79. The number of rotatable bonds is 7. The Balaban J connectivity index is 2.00. The summed E-state index contributed by atoms with van der Waals surface area (Å²) in [6.45, 7) is 2.24. The Morgan fingerprint density at radius 3 is 2.31 bits per heavy atom. The number of hydrogen-bond acceptors (Lipinski definition) is 1. The second-order valence-electron chi connectivity index (χ2n) is 6.75. The van der Waals surface area contributed by atoms with Gasteiger partial charge in [-0.3, -0.25) is 0 Å². The molecule has 1 heteroatoms. The minimum absolute atomic E-state index is 0.704. The van der Waals surface area contributed by atoms with Crippen LogP contribution < -0.4 is 0 Å². The molecule has 0 fully saturated rings. The normalized spacial score (nSPS) is 10.5. The molecule has 1 nitrogen and oxygen atoms in total. The molecule has 0 aliphatic heterocycles. The van der Waals surface area contributed by atoms with Gasteiger partial charge in [-0.1, -0.05) is 86.8 Å². The molecule has 0 bridgehead atoms. The minimum atomic E-state index is 0.704. The maximum absolute atomic E-state index is 9.27. The Labute approximate surface area is 156 Å². The second kappa shape index (κ2) is 9.02. The van der Waals surface area contributed by atoms with E-state index in [1.165, 1.54) is 47.9 Å². The van der Waals surface area contributed by atoms with Crippen molar-refractivity contribution < 1.29 is 0 Å². The molecular formula is C25H25N. The highest BCUT2D eigenvalue weighted by atomic mass is 14.2. The lowest BCUT2D eigenvalue weighted by molar-refractivity contribution is 0.667. The molecule has 0 radical (unpaired) electrons. The van der Waals surface area contributed by atoms with Gasteiger partial charge in [0, 0.05) is 0 Å². The predicted molar refractivity (Wildman–Crippen MR) is 110 cm³/mol. The van der Waals surface area contributed by atoms with Crippen LogP contribution in [0.2, 0.25) is 0 Å². The number of benzene rings is 3. The first-order valence-electron chi connectivity index (χ1n) is 9.50. The molecule has 0 aliphatic carbocycles. The van der Waals surface area contributed by atoms with Gasteiger partial charge in [0.2, 0.25) is 0 Å². The quantitative estimate of drug-likeness (QED) is 0.424. The van der Waals surface area contributed by atoms with Crippen LogP contribution in [0.4, 0.5) is 0 Å². The molecule has 0 N–H and O–H groups in total.